The van der Waals surface area contributed by atoms with Crippen molar-refractivity contribution in [3.8, 4) is 5.75 Å². The second-order valence-electron chi connectivity index (χ2n) is 16.9. The molecule has 0 bridgehead atoms. The molecule has 68 heavy (non-hydrogen) atoms. The van der Waals surface area contributed by atoms with Crippen LogP contribution in [0.25, 0.3) is 0 Å². The Labute approximate surface area is 399 Å². The van der Waals surface area contributed by atoms with Gasteiger partial charge in [0.15, 0.2) is 15.7 Å². The number of sulfone groups is 1. The fourth-order valence-electron chi connectivity index (χ4n) is 8.39. The number of benzene rings is 3. The van der Waals surface area contributed by atoms with Crippen LogP contribution in [0.3, 0.4) is 0 Å². The Balaban J connectivity index is 0.789. The van der Waals surface area contributed by atoms with Crippen molar-refractivity contribution in [3.63, 3.8) is 0 Å². The SMILES string of the molecule is COc1cc(C2CCN(CCOCCOCCNC(=O)CNc3cccc4c3C(=O)N(C3CCC(=O)NC3=O)C4=O)CC2)c(C)cc1Nc1ncc(Cl)c(Nc2ccccc2S(=O)(=O)C(C)C)n1. The average Bonchev–Trinajstić information content (AvgIpc) is 3.57. The van der Waals surface area contributed by atoms with Crippen LogP contribution in [0, 0.1) is 6.92 Å². The highest BCUT2D eigenvalue weighted by molar-refractivity contribution is 7.92. The Hall–Kier alpha value is -6.19. The van der Waals surface area contributed by atoms with Crippen LogP contribution < -0.4 is 31.3 Å². The van der Waals surface area contributed by atoms with Crippen LogP contribution in [0.4, 0.5) is 28.8 Å². The van der Waals surface area contributed by atoms with E-state index in [1.807, 2.05) is 6.07 Å². The number of amides is 5. The minimum absolute atomic E-state index is 0.0202. The van der Waals surface area contributed by atoms with Gasteiger partial charge in [-0.1, -0.05) is 29.8 Å². The Morgan fingerprint density at radius 1 is 0.912 bits per heavy atom. The summed E-state index contributed by atoms with van der Waals surface area (Å²) in [7, 11) is -1.96. The standard InChI is InChI=1S/C47H56ClN9O10S/c1-28(2)68(63,64)39-11-6-5-9-34(39)52-43-33(48)26-51-47(55-43)53-36-24-29(3)32(25-38(36)65-4)30-14-17-56(18-15-30)19-21-67-23-22-66-20-16-49-41(59)27-50-35-10-7-8-31-42(35)46(62)57(45(31)61)37-12-13-40(58)54-44(37)60/h5-11,24-26,28,30,37,50H,12-23,27H2,1-4H3,(H,49,59)(H,54,58,60)(H2,51,52,53,55). The van der Waals surface area contributed by atoms with Gasteiger partial charge >= 0.3 is 0 Å². The van der Waals surface area contributed by atoms with Crippen LogP contribution in [-0.2, 0) is 33.7 Å². The van der Waals surface area contributed by atoms with Crippen LogP contribution in [0.1, 0.15) is 77.3 Å². The summed E-state index contributed by atoms with van der Waals surface area (Å²) in [6.45, 7) is 9.65. The Kier molecular flexibility index (Phi) is 16.3. The number of nitrogens with zero attached hydrogens (tertiary/aromatic N) is 4. The number of likely N-dealkylation sites (tertiary alicyclic amines) is 1. The van der Waals surface area contributed by atoms with E-state index in [4.69, 9.17) is 25.8 Å². The van der Waals surface area contributed by atoms with E-state index in [2.05, 4.69) is 54.4 Å². The van der Waals surface area contributed by atoms with Crippen LogP contribution in [0.15, 0.2) is 65.7 Å². The number of hydrogen-bond acceptors (Lipinski definition) is 16. The van der Waals surface area contributed by atoms with Crippen molar-refractivity contribution < 1.29 is 46.6 Å². The Morgan fingerprint density at radius 2 is 1.65 bits per heavy atom. The number of nitrogens with one attached hydrogen (secondary N) is 5. The van der Waals surface area contributed by atoms with Crippen molar-refractivity contribution in [1.82, 2.24) is 30.4 Å². The molecule has 2 saturated heterocycles. The van der Waals surface area contributed by atoms with E-state index in [9.17, 15) is 32.4 Å². The highest BCUT2D eigenvalue weighted by atomic mass is 35.5. The topological polar surface area (TPSA) is 240 Å². The maximum Gasteiger partial charge on any atom is 0.264 e. The van der Waals surface area contributed by atoms with Gasteiger partial charge in [-0.2, -0.15) is 4.98 Å². The van der Waals surface area contributed by atoms with E-state index < -0.39 is 44.8 Å². The number of piperidine rings is 2. The van der Waals surface area contributed by atoms with Gasteiger partial charge in [-0.15, -0.1) is 0 Å². The second kappa shape index (κ2) is 22.3. The highest BCUT2D eigenvalue weighted by Crippen LogP contribution is 2.38. The molecule has 0 spiro atoms. The number of imide groups is 2. The van der Waals surface area contributed by atoms with Crippen LogP contribution >= 0.6 is 11.6 Å². The first-order valence-electron chi connectivity index (χ1n) is 22.5. The minimum Gasteiger partial charge on any atom is -0.495 e. The number of hydrogen-bond donors (Lipinski definition) is 5. The molecular formula is C47H56ClN9O10S. The summed E-state index contributed by atoms with van der Waals surface area (Å²) in [5.41, 5.74) is 3.84. The molecule has 3 aliphatic rings. The molecule has 0 radical (unpaired) electrons. The maximum atomic E-state index is 13.3. The van der Waals surface area contributed by atoms with Gasteiger partial charge in [0.2, 0.25) is 23.7 Å². The molecule has 5 amide bonds. The van der Waals surface area contributed by atoms with E-state index in [-0.39, 0.29) is 71.3 Å². The summed E-state index contributed by atoms with van der Waals surface area (Å²) in [6, 6.07) is 14.3. The molecule has 0 aliphatic carbocycles. The van der Waals surface area contributed by atoms with Gasteiger partial charge in [0.05, 0.1) is 78.9 Å². The summed E-state index contributed by atoms with van der Waals surface area (Å²) in [5.74, 6) is -1.29. The summed E-state index contributed by atoms with van der Waals surface area (Å²) < 4.78 is 43.3. The average molecular weight is 975 g/mol. The van der Waals surface area contributed by atoms with Gasteiger partial charge in [-0.3, -0.25) is 34.2 Å². The predicted molar refractivity (Wildman–Crippen MR) is 255 cm³/mol. The van der Waals surface area contributed by atoms with Gasteiger partial charge in [-0.25, -0.2) is 13.4 Å². The molecule has 3 aromatic carbocycles. The lowest BCUT2D eigenvalue weighted by atomic mass is 9.86. The van der Waals surface area contributed by atoms with Gasteiger partial charge in [0, 0.05) is 25.2 Å². The molecule has 0 saturated carbocycles. The third-order valence-corrected chi connectivity index (χ3v) is 14.6. The maximum absolute atomic E-state index is 13.3. The van der Waals surface area contributed by atoms with Crippen LogP contribution in [0.5, 0.6) is 5.75 Å². The number of ether oxygens (including phenoxy) is 3. The third-order valence-electron chi connectivity index (χ3n) is 12.1. The zero-order valence-corrected chi connectivity index (χ0v) is 39.9. The molecule has 4 heterocycles. The normalized spacial score (nSPS) is 16.7. The Bertz CT molecular complexity index is 2660. The van der Waals surface area contributed by atoms with Crippen molar-refractivity contribution in [1.29, 1.82) is 0 Å². The van der Waals surface area contributed by atoms with Crippen LogP contribution in [0.2, 0.25) is 5.02 Å². The van der Waals surface area contributed by atoms with E-state index >= 15 is 0 Å². The molecule has 362 valence electrons. The lowest BCUT2D eigenvalue weighted by molar-refractivity contribution is -0.136. The zero-order valence-electron chi connectivity index (χ0n) is 38.4. The van der Waals surface area contributed by atoms with E-state index in [0.29, 0.717) is 48.6 Å². The molecule has 3 aliphatic heterocycles. The Morgan fingerprint density at radius 3 is 2.38 bits per heavy atom. The molecule has 19 nitrogen and oxygen atoms in total. The number of halogens is 1. The van der Waals surface area contributed by atoms with E-state index in [1.165, 1.54) is 17.8 Å². The fraction of sp³-hybridized carbons (Fsp3) is 0.426. The molecule has 2 fully saturated rings. The monoisotopic (exact) mass is 973 g/mol. The molecular weight excluding hydrogens is 918 g/mol. The van der Waals surface area contributed by atoms with Crippen molar-refractivity contribution in [2.24, 2.45) is 0 Å². The predicted octanol–water partition coefficient (Wildman–Crippen LogP) is 4.96. The smallest absolute Gasteiger partial charge is 0.264 e. The molecule has 1 aromatic heterocycles. The summed E-state index contributed by atoms with van der Waals surface area (Å²) in [4.78, 5) is 75.2. The number of fused-ring (bicyclic) bond motifs is 1. The summed E-state index contributed by atoms with van der Waals surface area (Å²) in [5, 5.41) is 13.8. The first kappa shape index (κ1) is 49.7. The summed E-state index contributed by atoms with van der Waals surface area (Å²) >= 11 is 6.47. The zero-order chi connectivity index (χ0) is 48.5. The largest absolute Gasteiger partial charge is 0.495 e. The van der Waals surface area contributed by atoms with E-state index in [1.54, 1.807) is 57.4 Å². The minimum atomic E-state index is -3.58. The number of aryl methyl sites for hydroxylation is 1. The second-order valence-corrected chi connectivity index (χ2v) is 19.7. The quantitative estimate of drug-likeness (QED) is 0.0548. The lowest BCUT2D eigenvalue weighted by Crippen LogP contribution is -2.54. The third kappa shape index (κ3) is 11.6. The number of anilines is 5. The van der Waals surface area contributed by atoms with Crippen molar-refractivity contribution in [2.75, 3.05) is 82.2 Å². The van der Waals surface area contributed by atoms with Gasteiger partial charge in [-0.05, 0) is 107 Å². The van der Waals surface area contributed by atoms with Crippen molar-refractivity contribution in [2.45, 2.75) is 68.6 Å². The van der Waals surface area contributed by atoms with Gasteiger partial charge in [0.1, 0.15) is 16.8 Å². The molecule has 5 N–H and O–H groups in total. The first-order chi connectivity index (χ1) is 32.7. The lowest BCUT2D eigenvalue weighted by Gasteiger charge is -2.33. The number of carbonyl (C=O) groups excluding carboxylic acids is 5. The number of carbonyl (C=O) groups is 5. The van der Waals surface area contributed by atoms with E-state index in [0.717, 1.165) is 42.9 Å². The van der Waals surface area contributed by atoms with Crippen molar-refractivity contribution in [3.05, 3.63) is 88.1 Å². The molecule has 1 atom stereocenters. The van der Waals surface area contributed by atoms with Gasteiger partial charge in [0.25, 0.3) is 11.8 Å². The number of rotatable bonds is 21. The summed E-state index contributed by atoms with van der Waals surface area (Å²) in [6.07, 6.45) is 3.46. The number of methoxy groups -OCH3 is 1. The molecule has 7 rings (SSSR count). The number of aromatic nitrogens is 2. The highest BCUT2D eigenvalue weighted by Gasteiger charge is 2.45. The van der Waals surface area contributed by atoms with Crippen LogP contribution in [-0.4, -0.2) is 135 Å². The first-order valence-corrected chi connectivity index (χ1v) is 24.4. The molecule has 21 heteroatoms. The fourth-order valence-corrected chi connectivity index (χ4v) is 9.73. The molecule has 4 aromatic rings. The molecule has 1 unspecified atom stereocenters. The number of para-hydroxylation sites is 1. The van der Waals surface area contributed by atoms with Gasteiger partial charge < -0.3 is 40.4 Å². The van der Waals surface area contributed by atoms with Crippen molar-refractivity contribution >= 4 is 79.8 Å².